The van der Waals surface area contributed by atoms with E-state index in [4.69, 9.17) is 0 Å². The Hall–Kier alpha value is 0.726. The van der Waals surface area contributed by atoms with Gasteiger partial charge in [0.2, 0.25) is 0 Å². The SMILES string of the molecule is CC[O][Mg]. The van der Waals surface area contributed by atoms with E-state index in [1.807, 2.05) is 6.92 Å². The molecule has 0 N–H and O–H groups in total. The van der Waals surface area contributed by atoms with Gasteiger partial charge in [-0.2, -0.15) is 0 Å². The Morgan fingerprint density at radius 2 is 2.25 bits per heavy atom. The van der Waals surface area contributed by atoms with Crippen LogP contribution in [0.3, 0.4) is 0 Å². The van der Waals surface area contributed by atoms with Crippen molar-refractivity contribution in [2.75, 3.05) is 6.61 Å². The van der Waals surface area contributed by atoms with Crippen LogP contribution in [0.1, 0.15) is 6.92 Å². The van der Waals surface area contributed by atoms with Crippen LogP contribution >= 0.6 is 0 Å². The molecule has 0 aliphatic heterocycles. The van der Waals surface area contributed by atoms with E-state index >= 15 is 0 Å². The average Bonchev–Trinajstić information content (AvgIpc) is 1.37. The summed E-state index contributed by atoms with van der Waals surface area (Å²) in [5.41, 5.74) is 0. The Bertz CT molecular complexity index is 8.00. The van der Waals surface area contributed by atoms with Crippen molar-refractivity contribution in [3.63, 3.8) is 0 Å². The summed E-state index contributed by atoms with van der Waals surface area (Å²) in [6.07, 6.45) is 0. The van der Waals surface area contributed by atoms with Crippen molar-refractivity contribution < 1.29 is 3.17 Å². The molecule has 0 heterocycles. The van der Waals surface area contributed by atoms with Gasteiger partial charge in [0.25, 0.3) is 0 Å². The highest BCUT2D eigenvalue weighted by atomic mass is 24.4. The highest BCUT2D eigenvalue weighted by molar-refractivity contribution is 5.97. The van der Waals surface area contributed by atoms with Crippen molar-refractivity contribution in [3.05, 3.63) is 0 Å². The maximum absolute atomic E-state index is 4.57. The summed E-state index contributed by atoms with van der Waals surface area (Å²) in [7, 11) is 0. The van der Waals surface area contributed by atoms with Crippen molar-refractivity contribution in [1.29, 1.82) is 0 Å². The lowest BCUT2D eigenvalue weighted by molar-refractivity contribution is 0.375. The van der Waals surface area contributed by atoms with E-state index in [-0.39, 0.29) is 0 Å². The Morgan fingerprint density at radius 3 is 2.25 bits per heavy atom. The van der Waals surface area contributed by atoms with Crippen molar-refractivity contribution in [2.45, 2.75) is 6.92 Å². The Morgan fingerprint density at radius 1 is 2.00 bits per heavy atom. The van der Waals surface area contributed by atoms with E-state index in [0.29, 0.717) is 0 Å². The number of hydrogen-bond acceptors (Lipinski definition) is 1. The summed E-state index contributed by atoms with van der Waals surface area (Å²) < 4.78 is 4.57. The van der Waals surface area contributed by atoms with Gasteiger partial charge in [-0.05, 0) is 13.5 Å². The Labute approximate surface area is 39.3 Å². The molecule has 0 aromatic carbocycles. The highest BCUT2D eigenvalue weighted by Crippen LogP contribution is 1.50. The average molecular weight is 69.4 g/mol. The zero-order valence-electron chi connectivity index (χ0n) is 2.82. The predicted molar refractivity (Wildman–Crippen MR) is 17.4 cm³/mol. The first-order chi connectivity index (χ1) is 1.91. The smallest absolute Gasteiger partial charge is 0.452 e. The minimum atomic E-state index is 0.832. The largest absolute Gasteiger partial charge is 0.584 e. The van der Waals surface area contributed by atoms with Gasteiger partial charge >= 0.3 is 22.1 Å². The van der Waals surface area contributed by atoms with Gasteiger partial charge in [0, 0.05) is 0 Å². The molecule has 0 aliphatic rings. The molecule has 2 heteroatoms. The summed E-state index contributed by atoms with van der Waals surface area (Å²) in [5.74, 6) is 0. The Kier molecular flexibility index (Phi) is 4.40. The van der Waals surface area contributed by atoms with E-state index in [1.54, 1.807) is 0 Å². The lowest BCUT2D eigenvalue weighted by atomic mass is 10.9. The minimum Gasteiger partial charge on any atom is -0.584 e. The molecule has 1 nitrogen and oxygen atoms in total. The summed E-state index contributed by atoms with van der Waals surface area (Å²) in [4.78, 5) is 0. The van der Waals surface area contributed by atoms with Crippen LogP contribution in [0.5, 0.6) is 0 Å². The van der Waals surface area contributed by atoms with Gasteiger partial charge < -0.3 is 3.17 Å². The van der Waals surface area contributed by atoms with Crippen molar-refractivity contribution in [1.82, 2.24) is 0 Å². The van der Waals surface area contributed by atoms with Crippen LogP contribution in [0.15, 0.2) is 0 Å². The van der Waals surface area contributed by atoms with E-state index in [9.17, 15) is 0 Å². The highest BCUT2D eigenvalue weighted by Gasteiger charge is 1.51. The van der Waals surface area contributed by atoms with Crippen molar-refractivity contribution >= 4 is 22.1 Å². The standard InChI is InChI=1S/C2H5O.Mg/c1-2-3;/h2H2,1H3;/q-1;+1. The molecule has 0 rings (SSSR count). The topological polar surface area (TPSA) is 9.23 Å². The molecule has 0 atom stereocenters. The first-order valence-corrected chi connectivity index (χ1v) is 1.86. The molecular formula is C2H5MgO. The first-order valence-electron chi connectivity index (χ1n) is 1.28. The third-order valence-electron chi connectivity index (χ3n) is 0.204. The van der Waals surface area contributed by atoms with Crippen LogP contribution in [-0.4, -0.2) is 28.7 Å². The molecule has 0 aliphatic carbocycles. The summed E-state index contributed by atoms with van der Waals surface area (Å²) in [6.45, 7) is 2.80. The molecule has 4 heavy (non-hydrogen) atoms. The van der Waals surface area contributed by atoms with Crippen LogP contribution in [0, 0.1) is 0 Å². The van der Waals surface area contributed by atoms with Gasteiger partial charge in [0.1, 0.15) is 0 Å². The predicted octanol–water partition coefficient (Wildman–Crippen LogP) is 0.106. The van der Waals surface area contributed by atoms with Gasteiger partial charge in [-0.15, -0.1) is 0 Å². The van der Waals surface area contributed by atoms with Crippen LogP contribution in [0.2, 0.25) is 0 Å². The summed E-state index contributed by atoms with van der Waals surface area (Å²) >= 11 is 1.52. The zero-order valence-corrected chi connectivity index (χ0v) is 4.24. The zero-order chi connectivity index (χ0) is 3.41. The fraction of sp³-hybridized carbons (Fsp3) is 1.00. The molecular weight excluding hydrogens is 64.3 g/mol. The van der Waals surface area contributed by atoms with Gasteiger partial charge in [-0.1, -0.05) is 0 Å². The molecule has 0 spiro atoms. The van der Waals surface area contributed by atoms with Gasteiger partial charge in [-0.25, -0.2) is 0 Å². The molecule has 1 radical (unpaired) electrons. The van der Waals surface area contributed by atoms with Crippen LogP contribution in [0.4, 0.5) is 0 Å². The van der Waals surface area contributed by atoms with Crippen LogP contribution in [-0.2, 0) is 3.17 Å². The van der Waals surface area contributed by atoms with E-state index in [0.717, 1.165) is 6.61 Å². The molecule has 0 amide bonds. The van der Waals surface area contributed by atoms with Crippen molar-refractivity contribution in [3.8, 4) is 0 Å². The second kappa shape index (κ2) is 3.73. The number of hydrogen-bond donors (Lipinski definition) is 0. The van der Waals surface area contributed by atoms with Gasteiger partial charge in [0.05, 0.1) is 0 Å². The summed E-state index contributed by atoms with van der Waals surface area (Å²) in [6, 6.07) is 0. The second-order valence-corrected chi connectivity index (χ2v) is 0.901. The minimum absolute atomic E-state index is 0.832. The monoisotopic (exact) mass is 69.0 g/mol. The lowest BCUT2D eigenvalue weighted by Crippen LogP contribution is -1.76. The molecule has 0 bridgehead atoms. The fourth-order valence-corrected chi connectivity index (χ4v) is 0. The molecule has 0 saturated carbocycles. The lowest BCUT2D eigenvalue weighted by Gasteiger charge is -1.82. The normalized spacial score (nSPS) is 7.00. The third-order valence-corrected chi connectivity index (χ3v) is 0.612. The third kappa shape index (κ3) is 2.73. The molecule has 0 unspecified atom stereocenters. The first kappa shape index (κ1) is 4.73. The molecule has 0 saturated heterocycles. The molecule has 0 fully saturated rings. The maximum Gasteiger partial charge on any atom is 0.452 e. The van der Waals surface area contributed by atoms with Gasteiger partial charge in [-0.3, -0.25) is 0 Å². The second-order valence-electron chi connectivity index (χ2n) is 0.493. The van der Waals surface area contributed by atoms with E-state index in [1.165, 1.54) is 22.1 Å². The fourth-order valence-electron chi connectivity index (χ4n) is 0. The quantitative estimate of drug-likeness (QED) is 0.397. The van der Waals surface area contributed by atoms with E-state index in [2.05, 4.69) is 3.17 Å². The molecule has 21 valence electrons. The van der Waals surface area contributed by atoms with Gasteiger partial charge in [0.15, 0.2) is 0 Å². The number of rotatable bonds is 1. The maximum atomic E-state index is 4.57. The molecule has 0 aromatic heterocycles. The molecule has 0 aromatic rings. The summed E-state index contributed by atoms with van der Waals surface area (Å²) in [5, 5.41) is 0. The van der Waals surface area contributed by atoms with E-state index < -0.39 is 0 Å². The van der Waals surface area contributed by atoms with Crippen LogP contribution < -0.4 is 0 Å². The van der Waals surface area contributed by atoms with Crippen molar-refractivity contribution in [2.24, 2.45) is 0 Å². The van der Waals surface area contributed by atoms with Crippen LogP contribution in [0.25, 0.3) is 0 Å². The Balaban J connectivity index is 1.97.